The quantitative estimate of drug-likeness (QED) is 0.829. The molecular formula is C15H22F3N3O2. The van der Waals surface area contributed by atoms with Gasteiger partial charge in [0, 0.05) is 19.7 Å². The van der Waals surface area contributed by atoms with Gasteiger partial charge in [-0.05, 0) is 24.9 Å². The van der Waals surface area contributed by atoms with Gasteiger partial charge in [0.15, 0.2) is 0 Å². The molecule has 2 rings (SSSR count). The Kier molecular flexibility index (Phi) is 7.44. The van der Waals surface area contributed by atoms with Crippen molar-refractivity contribution in [2.24, 2.45) is 5.92 Å². The molecule has 0 radical (unpaired) electrons. The molecule has 0 amide bonds. The molecule has 0 aliphatic carbocycles. The van der Waals surface area contributed by atoms with E-state index in [4.69, 9.17) is 4.74 Å². The highest BCUT2D eigenvalue weighted by Crippen LogP contribution is 2.29. The van der Waals surface area contributed by atoms with E-state index >= 15 is 0 Å². The number of nitrogens with one attached hydrogen (secondary N) is 2. The van der Waals surface area contributed by atoms with E-state index in [9.17, 15) is 18.0 Å². The second-order valence-corrected chi connectivity index (χ2v) is 5.38. The minimum atomic E-state index is -4.42. The Morgan fingerprint density at radius 1 is 1.48 bits per heavy atom. The summed E-state index contributed by atoms with van der Waals surface area (Å²) in [6.07, 6.45) is -2.41. The zero-order valence-electron chi connectivity index (χ0n) is 13.4. The van der Waals surface area contributed by atoms with Gasteiger partial charge in [-0.1, -0.05) is 13.0 Å². The van der Waals surface area contributed by atoms with Gasteiger partial charge in [0.2, 0.25) is 0 Å². The lowest BCUT2D eigenvalue weighted by molar-refractivity contribution is -0.141. The maximum absolute atomic E-state index is 12.3. The van der Waals surface area contributed by atoms with Crippen LogP contribution in [-0.4, -0.2) is 38.0 Å². The number of aldehydes is 1. The van der Waals surface area contributed by atoms with Crippen molar-refractivity contribution in [1.29, 1.82) is 0 Å². The van der Waals surface area contributed by atoms with E-state index in [-0.39, 0.29) is 18.5 Å². The Balaban J connectivity index is 0.000000277. The third-order valence-electron chi connectivity index (χ3n) is 3.35. The molecule has 1 fully saturated rings. The first kappa shape index (κ1) is 19.4. The second kappa shape index (κ2) is 8.83. The fraction of sp³-hybridized carbons (Fsp3) is 0.600. The van der Waals surface area contributed by atoms with Gasteiger partial charge in [0.05, 0.1) is 12.6 Å². The number of nitrogens with zero attached hydrogens (tertiary/aromatic N) is 1. The van der Waals surface area contributed by atoms with Crippen molar-refractivity contribution in [2.45, 2.75) is 32.2 Å². The average Bonchev–Trinajstić information content (AvgIpc) is 2.93. The third-order valence-corrected chi connectivity index (χ3v) is 3.35. The first-order chi connectivity index (χ1) is 10.8. The predicted octanol–water partition coefficient (Wildman–Crippen LogP) is 2.47. The molecule has 1 aliphatic heterocycles. The number of hydrogen-bond acceptors (Lipinski definition) is 5. The van der Waals surface area contributed by atoms with Crippen molar-refractivity contribution in [3.05, 3.63) is 23.4 Å². The van der Waals surface area contributed by atoms with Crippen LogP contribution in [0.3, 0.4) is 0 Å². The fourth-order valence-corrected chi connectivity index (χ4v) is 2.19. The van der Waals surface area contributed by atoms with Crippen LogP contribution in [0.2, 0.25) is 0 Å². The van der Waals surface area contributed by atoms with Crippen LogP contribution in [0.5, 0.6) is 0 Å². The Bertz CT molecular complexity index is 509. The minimum absolute atomic E-state index is 0.144. The number of pyridine rings is 1. The maximum Gasteiger partial charge on any atom is 0.433 e. The van der Waals surface area contributed by atoms with E-state index in [2.05, 4.69) is 22.5 Å². The van der Waals surface area contributed by atoms with Crippen LogP contribution in [0.4, 0.5) is 19.0 Å². The first-order valence-corrected chi connectivity index (χ1v) is 7.24. The summed E-state index contributed by atoms with van der Waals surface area (Å²) in [5.41, 5.74) is -0.320. The number of anilines is 1. The lowest BCUT2D eigenvalue weighted by atomic mass is 10.1. The van der Waals surface area contributed by atoms with Gasteiger partial charge in [-0.25, -0.2) is 4.98 Å². The number of alkyl halides is 3. The van der Waals surface area contributed by atoms with E-state index in [1.807, 2.05) is 0 Å². The summed E-state index contributed by atoms with van der Waals surface area (Å²) < 4.78 is 41.7. The van der Waals surface area contributed by atoms with Crippen molar-refractivity contribution in [3.8, 4) is 0 Å². The standard InChI is InChI=1S/C9H11F3N2O.C6H11NO/c1-13-8-6(5-15-2)3-4-7(14-8)9(10,11)12;1-5-2-6(4-8)7-3-5/h3-4H,5H2,1-2H3,(H,13,14);4-7H,2-3H2,1H3. The van der Waals surface area contributed by atoms with Crippen molar-refractivity contribution in [3.63, 3.8) is 0 Å². The van der Waals surface area contributed by atoms with Gasteiger partial charge >= 0.3 is 6.18 Å². The van der Waals surface area contributed by atoms with Gasteiger partial charge in [-0.3, -0.25) is 0 Å². The first-order valence-electron chi connectivity index (χ1n) is 7.24. The van der Waals surface area contributed by atoms with Gasteiger partial charge < -0.3 is 20.2 Å². The van der Waals surface area contributed by atoms with Crippen molar-refractivity contribution in [2.75, 3.05) is 26.0 Å². The molecular weight excluding hydrogens is 311 g/mol. The monoisotopic (exact) mass is 333 g/mol. The number of rotatable bonds is 4. The summed E-state index contributed by atoms with van der Waals surface area (Å²) in [7, 11) is 2.98. The average molecular weight is 333 g/mol. The minimum Gasteiger partial charge on any atom is -0.380 e. The zero-order chi connectivity index (χ0) is 17.5. The highest BCUT2D eigenvalue weighted by molar-refractivity contribution is 5.58. The Morgan fingerprint density at radius 2 is 2.17 bits per heavy atom. The largest absolute Gasteiger partial charge is 0.433 e. The molecule has 2 atom stereocenters. The van der Waals surface area contributed by atoms with Crippen LogP contribution in [0, 0.1) is 5.92 Å². The molecule has 23 heavy (non-hydrogen) atoms. The molecule has 2 heterocycles. The van der Waals surface area contributed by atoms with Crippen LogP contribution in [0.15, 0.2) is 12.1 Å². The van der Waals surface area contributed by atoms with E-state index in [0.717, 1.165) is 25.3 Å². The zero-order valence-corrected chi connectivity index (χ0v) is 13.4. The molecule has 0 saturated carbocycles. The molecule has 1 aromatic heterocycles. The topological polar surface area (TPSA) is 63.2 Å². The Labute approximate surface area is 133 Å². The molecule has 2 unspecified atom stereocenters. The van der Waals surface area contributed by atoms with E-state index < -0.39 is 11.9 Å². The number of carbonyl (C=O) groups excluding carboxylic acids is 1. The number of ether oxygens (including phenoxy) is 1. The highest BCUT2D eigenvalue weighted by Gasteiger charge is 2.32. The van der Waals surface area contributed by atoms with Gasteiger partial charge in [-0.2, -0.15) is 13.2 Å². The van der Waals surface area contributed by atoms with Crippen LogP contribution >= 0.6 is 0 Å². The van der Waals surface area contributed by atoms with Gasteiger partial charge in [-0.15, -0.1) is 0 Å². The summed E-state index contributed by atoms with van der Waals surface area (Å²) in [6.45, 7) is 3.38. The number of hydrogen-bond donors (Lipinski definition) is 2. The van der Waals surface area contributed by atoms with Crippen molar-refractivity contribution >= 4 is 12.1 Å². The van der Waals surface area contributed by atoms with E-state index in [1.165, 1.54) is 20.2 Å². The molecule has 2 N–H and O–H groups in total. The maximum atomic E-state index is 12.3. The van der Waals surface area contributed by atoms with Gasteiger partial charge in [0.1, 0.15) is 17.8 Å². The Morgan fingerprint density at radius 3 is 2.57 bits per heavy atom. The fourth-order valence-electron chi connectivity index (χ4n) is 2.19. The summed E-state index contributed by atoms with van der Waals surface area (Å²) in [4.78, 5) is 13.6. The van der Waals surface area contributed by atoms with Crippen molar-refractivity contribution < 1.29 is 22.7 Å². The third kappa shape index (κ3) is 6.15. The lowest BCUT2D eigenvalue weighted by Gasteiger charge is -2.11. The number of methoxy groups -OCH3 is 1. The molecule has 1 aromatic rings. The number of halogens is 3. The van der Waals surface area contributed by atoms with Gasteiger partial charge in [0.25, 0.3) is 0 Å². The predicted molar refractivity (Wildman–Crippen MR) is 81.1 cm³/mol. The summed E-state index contributed by atoms with van der Waals surface area (Å²) >= 11 is 0. The van der Waals surface area contributed by atoms with Crippen molar-refractivity contribution in [1.82, 2.24) is 10.3 Å². The van der Waals surface area contributed by atoms with Crippen LogP contribution in [-0.2, 0) is 22.3 Å². The summed E-state index contributed by atoms with van der Waals surface area (Å²) in [5, 5.41) is 5.69. The molecule has 0 bridgehead atoms. The van der Waals surface area contributed by atoms with Crippen LogP contribution < -0.4 is 10.6 Å². The molecule has 1 saturated heterocycles. The SMILES string of the molecule is CC1CNC(C=O)C1.CNc1nc(C(F)(F)F)ccc1COC. The molecule has 0 aromatic carbocycles. The molecule has 1 aliphatic rings. The lowest BCUT2D eigenvalue weighted by Crippen LogP contribution is -2.22. The van der Waals surface area contributed by atoms with E-state index in [0.29, 0.717) is 11.5 Å². The normalized spacial score (nSPS) is 20.6. The number of aromatic nitrogens is 1. The smallest absolute Gasteiger partial charge is 0.380 e. The highest BCUT2D eigenvalue weighted by atomic mass is 19.4. The number of carbonyl (C=O) groups is 1. The molecule has 5 nitrogen and oxygen atoms in total. The van der Waals surface area contributed by atoms with E-state index in [1.54, 1.807) is 0 Å². The summed E-state index contributed by atoms with van der Waals surface area (Å²) in [5.74, 6) is 0.872. The van der Waals surface area contributed by atoms with Crippen LogP contribution in [0.1, 0.15) is 24.6 Å². The molecule has 8 heteroatoms. The Hall–Kier alpha value is -1.67. The summed E-state index contributed by atoms with van der Waals surface area (Å²) in [6, 6.07) is 2.44. The second-order valence-electron chi connectivity index (χ2n) is 5.38. The molecule has 0 spiro atoms. The molecule has 130 valence electrons. The van der Waals surface area contributed by atoms with Crippen LogP contribution in [0.25, 0.3) is 0 Å².